The van der Waals surface area contributed by atoms with Gasteiger partial charge in [0.05, 0.1) is 18.3 Å². The third-order valence-electron chi connectivity index (χ3n) is 4.90. The van der Waals surface area contributed by atoms with Gasteiger partial charge in [0.1, 0.15) is 5.75 Å². The molecule has 3 rings (SSSR count). The molecule has 138 valence electrons. The first-order valence-electron chi connectivity index (χ1n) is 9.54. The minimum absolute atomic E-state index is 0.0272. The molecule has 1 saturated carbocycles. The fourth-order valence-electron chi connectivity index (χ4n) is 3.74. The number of carbonyl (C=O) groups is 1. The number of nitrogens with one attached hydrogen (secondary N) is 1. The first kappa shape index (κ1) is 18.1. The summed E-state index contributed by atoms with van der Waals surface area (Å²) in [6, 6.07) is 8.04. The van der Waals surface area contributed by atoms with E-state index in [4.69, 9.17) is 9.47 Å². The van der Waals surface area contributed by atoms with Crippen molar-refractivity contribution in [2.45, 2.75) is 70.8 Å². The topological polar surface area (TPSA) is 50.8 Å². The second kappa shape index (κ2) is 8.56. The molecule has 1 aliphatic carbocycles. The minimum atomic E-state index is -0.0272. The summed E-state index contributed by atoms with van der Waals surface area (Å²) in [6.07, 6.45) is 6.65. The summed E-state index contributed by atoms with van der Waals surface area (Å²) in [6.45, 7) is 5.80. The van der Waals surface area contributed by atoms with Gasteiger partial charge in [-0.1, -0.05) is 18.6 Å². The highest BCUT2D eigenvalue weighted by Crippen LogP contribution is 2.24. The maximum absolute atomic E-state index is 12.4. The smallest absolute Gasteiger partial charge is 0.317 e. The zero-order chi connectivity index (χ0) is 17.6. The minimum Gasteiger partial charge on any atom is -0.490 e. The van der Waals surface area contributed by atoms with Gasteiger partial charge in [-0.05, 0) is 57.2 Å². The molecular formula is C20H30N2O3. The Labute approximate surface area is 150 Å². The van der Waals surface area contributed by atoms with Crippen molar-refractivity contribution in [2.24, 2.45) is 0 Å². The lowest BCUT2D eigenvalue weighted by Crippen LogP contribution is -2.51. The van der Waals surface area contributed by atoms with Gasteiger partial charge in [-0.15, -0.1) is 0 Å². The summed E-state index contributed by atoms with van der Waals surface area (Å²) in [5, 5.41) is 3.02. The first-order valence-corrected chi connectivity index (χ1v) is 9.54. The van der Waals surface area contributed by atoms with Gasteiger partial charge in [0.2, 0.25) is 0 Å². The number of hydrogen-bond acceptors (Lipinski definition) is 3. The molecule has 1 aromatic carbocycles. The lowest BCUT2D eigenvalue weighted by molar-refractivity contribution is -0.0545. The molecule has 0 aromatic heterocycles. The highest BCUT2D eigenvalue weighted by molar-refractivity contribution is 5.74. The van der Waals surface area contributed by atoms with Gasteiger partial charge in [-0.3, -0.25) is 0 Å². The maximum atomic E-state index is 12.4. The first-order chi connectivity index (χ1) is 12.1. The molecule has 2 unspecified atom stereocenters. The van der Waals surface area contributed by atoms with E-state index in [1.54, 1.807) is 0 Å². The van der Waals surface area contributed by atoms with Gasteiger partial charge in [-0.25, -0.2) is 4.79 Å². The zero-order valence-corrected chi connectivity index (χ0v) is 15.4. The molecule has 1 N–H and O–H groups in total. The van der Waals surface area contributed by atoms with Gasteiger partial charge in [0.15, 0.2) is 0 Å². The van der Waals surface area contributed by atoms with Gasteiger partial charge < -0.3 is 19.7 Å². The van der Waals surface area contributed by atoms with Crippen molar-refractivity contribution in [1.82, 2.24) is 10.2 Å². The van der Waals surface area contributed by atoms with E-state index in [9.17, 15) is 4.79 Å². The van der Waals surface area contributed by atoms with Crippen LogP contribution in [0.3, 0.4) is 0 Å². The Morgan fingerprint density at radius 2 is 1.92 bits per heavy atom. The van der Waals surface area contributed by atoms with Crippen molar-refractivity contribution in [1.29, 1.82) is 0 Å². The highest BCUT2D eigenvalue weighted by atomic mass is 16.5. The van der Waals surface area contributed by atoms with Crippen molar-refractivity contribution in [3.05, 3.63) is 29.8 Å². The summed E-state index contributed by atoms with van der Waals surface area (Å²) in [5.41, 5.74) is 1.07. The SMILES string of the molecule is CC1CN(C(=O)NCc2cccc(OC3CCCCC3)c2)CC(C)O1. The summed E-state index contributed by atoms with van der Waals surface area (Å²) < 4.78 is 11.8. The van der Waals surface area contributed by atoms with E-state index >= 15 is 0 Å². The second-order valence-corrected chi connectivity index (χ2v) is 7.35. The largest absolute Gasteiger partial charge is 0.490 e. The summed E-state index contributed by atoms with van der Waals surface area (Å²) in [5.74, 6) is 0.910. The maximum Gasteiger partial charge on any atom is 0.317 e. The molecule has 1 saturated heterocycles. The van der Waals surface area contributed by atoms with Gasteiger partial charge in [-0.2, -0.15) is 0 Å². The lowest BCUT2D eigenvalue weighted by atomic mass is 9.98. The van der Waals surface area contributed by atoms with E-state index in [-0.39, 0.29) is 18.2 Å². The van der Waals surface area contributed by atoms with E-state index in [1.807, 2.05) is 43.0 Å². The Kier molecular flexibility index (Phi) is 6.19. The molecule has 2 atom stereocenters. The van der Waals surface area contributed by atoms with Gasteiger partial charge in [0, 0.05) is 19.6 Å². The molecule has 5 nitrogen and oxygen atoms in total. The van der Waals surface area contributed by atoms with Crippen molar-refractivity contribution >= 4 is 6.03 Å². The van der Waals surface area contributed by atoms with Crippen LogP contribution in [-0.4, -0.2) is 42.3 Å². The second-order valence-electron chi connectivity index (χ2n) is 7.35. The lowest BCUT2D eigenvalue weighted by Gasteiger charge is -2.35. The van der Waals surface area contributed by atoms with Crippen molar-refractivity contribution in [2.75, 3.05) is 13.1 Å². The molecule has 2 amide bonds. The van der Waals surface area contributed by atoms with Gasteiger partial charge >= 0.3 is 6.03 Å². The molecular weight excluding hydrogens is 316 g/mol. The van der Waals surface area contributed by atoms with E-state index < -0.39 is 0 Å². The standard InChI is InChI=1S/C20H30N2O3/c1-15-13-22(14-16(2)24-15)20(23)21-12-17-7-6-10-19(11-17)25-18-8-4-3-5-9-18/h6-7,10-11,15-16,18H,3-5,8-9,12-14H2,1-2H3,(H,21,23). The fourth-order valence-corrected chi connectivity index (χ4v) is 3.74. The summed E-state index contributed by atoms with van der Waals surface area (Å²) >= 11 is 0. The normalized spacial score (nSPS) is 24.8. The molecule has 1 aliphatic heterocycles. The number of ether oxygens (including phenoxy) is 2. The quantitative estimate of drug-likeness (QED) is 0.904. The van der Waals surface area contributed by atoms with Crippen molar-refractivity contribution in [3.63, 3.8) is 0 Å². The van der Waals surface area contributed by atoms with Crippen LogP contribution in [0.4, 0.5) is 4.79 Å². The number of rotatable bonds is 4. The molecule has 0 radical (unpaired) electrons. The highest BCUT2D eigenvalue weighted by Gasteiger charge is 2.25. The number of nitrogens with zero attached hydrogens (tertiary/aromatic N) is 1. The molecule has 5 heteroatoms. The van der Waals surface area contributed by atoms with Crippen molar-refractivity contribution < 1.29 is 14.3 Å². The molecule has 1 aromatic rings. The summed E-state index contributed by atoms with van der Waals surface area (Å²) in [7, 11) is 0. The van der Waals surface area contributed by atoms with Crippen LogP contribution >= 0.6 is 0 Å². The monoisotopic (exact) mass is 346 g/mol. The van der Waals surface area contributed by atoms with Crippen LogP contribution in [0.25, 0.3) is 0 Å². The third kappa shape index (κ3) is 5.36. The average Bonchev–Trinajstić information content (AvgIpc) is 2.60. The fraction of sp³-hybridized carbons (Fsp3) is 0.650. The number of carbonyl (C=O) groups excluding carboxylic acids is 1. The average molecular weight is 346 g/mol. The van der Waals surface area contributed by atoms with E-state index in [2.05, 4.69) is 5.32 Å². The van der Waals surface area contributed by atoms with Crippen LogP contribution in [0, 0.1) is 0 Å². The van der Waals surface area contributed by atoms with Crippen LogP contribution in [0.15, 0.2) is 24.3 Å². The van der Waals surface area contributed by atoms with Crippen LogP contribution < -0.4 is 10.1 Å². The Bertz CT molecular complexity index is 562. The molecule has 0 bridgehead atoms. The Morgan fingerprint density at radius 1 is 1.20 bits per heavy atom. The Morgan fingerprint density at radius 3 is 2.64 bits per heavy atom. The van der Waals surface area contributed by atoms with Crippen LogP contribution in [0.5, 0.6) is 5.75 Å². The van der Waals surface area contributed by atoms with Gasteiger partial charge in [0.25, 0.3) is 0 Å². The van der Waals surface area contributed by atoms with Crippen LogP contribution in [-0.2, 0) is 11.3 Å². The number of benzene rings is 1. The number of amides is 2. The van der Waals surface area contributed by atoms with Crippen LogP contribution in [0.2, 0.25) is 0 Å². The molecule has 2 aliphatic rings. The molecule has 2 fully saturated rings. The van der Waals surface area contributed by atoms with E-state index in [0.29, 0.717) is 25.7 Å². The summed E-state index contributed by atoms with van der Waals surface area (Å²) in [4.78, 5) is 14.2. The predicted octanol–water partition coefficient (Wildman–Crippen LogP) is 3.72. The molecule has 25 heavy (non-hydrogen) atoms. The Balaban J connectivity index is 1.50. The van der Waals surface area contributed by atoms with E-state index in [0.717, 1.165) is 24.2 Å². The Hall–Kier alpha value is -1.75. The predicted molar refractivity (Wildman–Crippen MR) is 97.8 cm³/mol. The zero-order valence-electron chi connectivity index (χ0n) is 15.4. The number of morpholine rings is 1. The number of urea groups is 1. The van der Waals surface area contributed by atoms with E-state index in [1.165, 1.54) is 19.3 Å². The third-order valence-corrected chi connectivity index (χ3v) is 4.90. The van der Waals surface area contributed by atoms with Crippen molar-refractivity contribution in [3.8, 4) is 5.75 Å². The molecule has 0 spiro atoms. The number of hydrogen-bond donors (Lipinski definition) is 1. The van der Waals surface area contributed by atoms with Crippen LogP contribution in [0.1, 0.15) is 51.5 Å². The molecule has 1 heterocycles.